The summed E-state index contributed by atoms with van der Waals surface area (Å²) in [5.41, 5.74) is 2.53. The molecule has 1 aliphatic carbocycles. The van der Waals surface area contributed by atoms with E-state index in [0.717, 1.165) is 30.1 Å². The zero-order valence-corrected chi connectivity index (χ0v) is 26.3. The third-order valence-electron chi connectivity index (χ3n) is 7.87. The van der Waals surface area contributed by atoms with E-state index in [4.69, 9.17) is 14.2 Å². The van der Waals surface area contributed by atoms with Gasteiger partial charge in [0.05, 0.1) is 24.2 Å². The fourth-order valence-electron chi connectivity index (χ4n) is 5.11. The molecule has 9 nitrogen and oxygen atoms in total. The average molecular weight is 609 g/mol. The van der Waals surface area contributed by atoms with E-state index in [-0.39, 0.29) is 35.6 Å². The molecule has 0 saturated heterocycles. The summed E-state index contributed by atoms with van der Waals surface area (Å²) >= 11 is 0. The van der Waals surface area contributed by atoms with Gasteiger partial charge in [0.1, 0.15) is 18.1 Å². The molecule has 0 bridgehead atoms. The molecule has 1 fully saturated rings. The standard InChI is InChI=1S/C31H38F2N6O3Si/c1-20(2)39-25(6-11-36-39)22-16-38(19-40-12-13-43(3,4)5)29-27(22)26(7-10-34-29)42-28-23(32)14-21(15-24(28)33)37-30-35-17-31(8-9-31)18-41-30/h6-7,10-11,14-16,20H,8-9,12-13,17-19H2,1-5H3,(H,35,37). The van der Waals surface area contributed by atoms with Crippen LogP contribution >= 0.6 is 0 Å². The van der Waals surface area contributed by atoms with Crippen molar-refractivity contribution in [3.05, 3.63) is 54.5 Å². The fourth-order valence-corrected chi connectivity index (χ4v) is 5.87. The van der Waals surface area contributed by atoms with E-state index in [1.165, 1.54) is 12.1 Å². The number of amidine groups is 1. The van der Waals surface area contributed by atoms with Gasteiger partial charge in [-0.1, -0.05) is 19.6 Å². The minimum Gasteiger partial charge on any atom is -0.464 e. The van der Waals surface area contributed by atoms with Crippen LogP contribution in [0.25, 0.3) is 22.3 Å². The number of pyridine rings is 1. The second-order valence-corrected chi connectivity index (χ2v) is 18.7. The van der Waals surface area contributed by atoms with Crippen LogP contribution < -0.4 is 10.1 Å². The second kappa shape index (κ2) is 11.4. The lowest BCUT2D eigenvalue weighted by Gasteiger charge is -2.22. The Morgan fingerprint density at radius 1 is 1.12 bits per heavy atom. The number of benzene rings is 1. The van der Waals surface area contributed by atoms with Gasteiger partial charge in [-0.05, 0) is 44.9 Å². The van der Waals surface area contributed by atoms with Crippen LogP contribution in [-0.2, 0) is 16.2 Å². The van der Waals surface area contributed by atoms with Crippen LogP contribution in [0.15, 0.2) is 47.8 Å². The molecule has 1 saturated carbocycles. The van der Waals surface area contributed by atoms with Gasteiger partial charge in [0.25, 0.3) is 6.02 Å². The van der Waals surface area contributed by atoms with Gasteiger partial charge in [0.15, 0.2) is 17.4 Å². The number of halogens is 2. The van der Waals surface area contributed by atoms with E-state index in [9.17, 15) is 0 Å². The Bertz CT molecular complexity index is 1650. The van der Waals surface area contributed by atoms with Crippen LogP contribution in [0, 0.1) is 17.0 Å². The maximum absolute atomic E-state index is 15.4. The van der Waals surface area contributed by atoms with Crippen LogP contribution in [0.4, 0.5) is 14.5 Å². The maximum atomic E-state index is 15.4. The Labute approximate surface area is 250 Å². The molecule has 228 valence electrons. The summed E-state index contributed by atoms with van der Waals surface area (Å²) in [6, 6.07) is 7.25. The molecule has 2 aliphatic rings. The molecule has 1 aromatic carbocycles. The van der Waals surface area contributed by atoms with Crippen molar-refractivity contribution in [2.45, 2.75) is 65.1 Å². The van der Waals surface area contributed by atoms with Gasteiger partial charge in [0.2, 0.25) is 0 Å². The highest BCUT2D eigenvalue weighted by Gasteiger charge is 2.45. The second-order valence-electron chi connectivity index (χ2n) is 13.0. The number of hydrogen-bond donors (Lipinski definition) is 1. The molecule has 1 aliphatic heterocycles. The van der Waals surface area contributed by atoms with Crippen LogP contribution in [0.2, 0.25) is 25.7 Å². The van der Waals surface area contributed by atoms with Crippen molar-refractivity contribution in [2.24, 2.45) is 10.4 Å². The van der Waals surface area contributed by atoms with Gasteiger partial charge in [-0.3, -0.25) is 4.68 Å². The normalized spacial score (nSPS) is 16.0. The molecule has 0 atom stereocenters. The number of hydrogen-bond acceptors (Lipinski definition) is 7. The Balaban J connectivity index is 1.32. The van der Waals surface area contributed by atoms with Gasteiger partial charge in [-0.2, -0.15) is 5.10 Å². The number of nitrogens with one attached hydrogen (secondary N) is 1. The molecule has 6 rings (SSSR count). The van der Waals surface area contributed by atoms with Crippen molar-refractivity contribution < 1.29 is 23.0 Å². The summed E-state index contributed by atoms with van der Waals surface area (Å²) in [6.45, 7) is 13.1. The number of rotatable bonds is 10. The summed E-state index contributed by atoms with van der Waals surface area (Å²) in [5, 5.41) is 7.99. The fraction of sp³-hybridized carbons (Fsp3) is 0.452. The maximum Gasteiger partial charge on any atom is 0.289 e. The number of aromatic nitrogens is 4. The third kappa shape index (κ3) is 6.30. The molecule has 0 radical (unpaired) electrons. The first-order valence-corrected chi connectivity index (χ1v) is 18.4. The topological polar surface area (TPSA) is 87.7 Å². The van der Waals surface area contributed by atoms with Crippen LogP contribution in [-0.4, -0.2) is 53.2 Å². The predicted molar refractivity (Wildman–Crippen MR) is 165 cm³/mol. The zero-order valence-electron chi connectivity index (χ0n) is 25.3. The molecule has 4 aromatic rings. The highest BCUT2D eigenvalue weighted by molar-refractivity contribution is 6.76. The van der Waals surface area contributed by atoms with Gasteiger partial charge in [-0.25, -0.2) is 18.8 Å². The number of nitrogens with zero attached hydrogens (tertiary/aromatic N) is 5. The smallest absolute Gasteiger partial charge is 0.289 e. The van der Waals surface area contributed by atoms with Gasteiger partial charge < -0.3 is 24.1 Å². The van der Waals surface area contributed by atoms with Crippen molar-refractivity contribution in [1.29, 1.82) is 0 Å². The lowest BCUT2D eigenvalue weighted by Crippen LogP contribution is -2.29. The van der Waals surface area contributed by atoms with E-state index in [2.05, 4.69) is 40.0 Å². The minimum atomic E-state index is -1.26. The average Bonchev–Trinajstić information content (AvgIpc) is 3.35. The van der Waals surface area contributed by atoms with Crippen molar-refractivity contribution >= 4 is 30.8 Å². The quantitative estimate of drug-likeness (QED) is 0.149. The van der Waals surface area contributed by atoms with Crippen molar-refractivity contribution in [3.63, 3.8) is 0 Å². The Morgan fingerprint density at radius 2 is 1.88 bits per heavy atom. The molecule has 0 unspecified atom stereocenters. The number of ether oxygens (including phenoxy) is 3. The Morgan fingerprint density at radius 3 is 2.53 bits per heavy atom. The SMILES string of the molecule is CC(C)n1nccc1-c1cn(COCC[Si](C)(C)C)c2nccc(Oc3c(F)cc(NC4=NCC5(CC5)CO4)cc3F)c12. The Kier molecular flexibility index (Phi) is 7.76. The summed E-state index contributed by atoms with van der Waals surface area (Å²) in [4.78, 5) is 9.01. The summed E-state index contributed by atoms with van der Waals surface area (Å²) in [5.74, 6) is -1.95. The molecule has 12 heteroatoms. The van der Waals surface area contributed by atoms with Crippen LogP contribution in [0.3, 0.4) is 0 Å². The van der Waals surface area contributed by atoms with E-state index >= 15 is 8.78 Å². The van der Waals surface area contributed by atoms with Crippen LogP contribution in [0.1, 0.15) is 32.7 Å². The molecule has 3 aromatic heterocycles. The largest absolute Gasteiger partial charge is 0.464 e. The lowest BCUT2D eigenvalue weighted by atomic mass is 10.1. The van der Waals surface area contributed by atoms with E-state index < -0.39 is 25.5 Å². The van der Waals surface area contributed by atoms with Gasteiger partial charge in [-0.15, -0.1) is 0 Å². The van der Waals surface area contributed by atoms with Gasteiger partial charge in [0, 0.05) is 68.1 Å². The zero-order chi connectivity index (χ0) is 30.4. The predicted octanol–water partition coefficient (Wildman–Crippen LogP) is 7.44. The summed E-state index contributed by atoms with van der Waals surface area (Å²) in [7, 11) is -1.26. The molecular formula is C31H38F2N6O3Si. The monoisotopic (exact) mass is 608 g/mol. The molecule has 0 amide bonds. The number of anilines is 1. The first kappa shape index (κ1) is 29.3. The van der Waals surface area contributed by atoms with E-state index in [0.29, 0.717) is 30.8 Å². The number of aliphatic imine (C=N–C) groups is 1. The minimum absolute atomic E-state index is 0.0833. The number of fused-ring (bicyclic) bond motifs is 1. The van der Waals surface area contributed by atoms with Gasteiger partial charge >= 0.3 is 0 Å². The van der Waals surface area contributed by atoms with Crippen molar-refractivity contribution in [3.8, 4) is 22.8 Å². The third-order valence-corrected chi connectivity index (χ3v) is 9.58. The highest BCUT2D eigenvalue weighted by atomic mass is 28.3. The van der Waals surface area contributed by atoms with Crippen molar-refractivity contribution in [2.75, 3.05) is 25.1 Å². The summed E-state index contributed by atoms with van der Waals surface area (Å²) in [6.07, 6.45) is 7.42. The van der Waals surface area contributed by atoms with Crippen molar-refractivity contribution in [1.82, 2.24) is 19.3 Å². The molecule has 43 heavy (non-hydrogen) atoms. The van der Waals surface area contributed by atoms with E-state index in [1.54, 1.807) is 18.5 Å². The lowest BCUT2D eigenvalue weighted by molar-refractivity contribution is 0.0899. The molecular weight excluding hydrogens is 570 g/mol. The first-order chi connectivity index (χ1) is 20.5. The summed E-state index contributed by atoms with van der Waals surface area (Å²) < 4.78 is 52.3. The molecule has 1 N–H and O–H groups in total. The highest BCUT2D eigenvalue weighted by Crippen LogP contribution is 2.47. The van der Waals surface area contributed by atoms with Crippen LogP contribution in [0.5, 0.6) is 11.5 Å². The Hall–Kier alpha value is -3.77. The van der Waals surface area contributed by atoms with E-state index in [1.807, 2.05) is 35.4 Å². The molecule has 1 spiro atoms. The first-order valence-electron chi connectivity index (χ1n) is 14.7. The molecule has 4 heterocycles.